The van der Waals surface area contributed by atoms with E-state index < -0.39 is 14.8 Å². The fourth-order valence-electron chi connectivity index (χ4n) is 0.677. The Morgan fingerprint density at radius 2 is 1.64 bits per heavy atom. The highest BCUT2D eigenvalue weighted by Gasteiger charge is 2.33. The second kappa shape index (κ2) is 3.11. The van der Waals surface area contributed by atoms with Gasteiger partial charge in [-0.05, 0) is 20.3 Å². The van der Waals surface area contributed by atoms with E-state index in [4.69, 9.17) is 0 Å². The summed E-state index contributed by atoms with van der Waals surface area (Å²) in [5.41, 5.74) is 0. The molecule has 0 radical (unpaired) electrons. The molecule has 0 fully saturated rings. The molecule has 68 valence electrons. The number of nitrogens with zero attached hydrogens (tertiary/aromatic N) is 1. The van der Waals surface area contributed by atoms with Crippen LogP contribution >= 0.6 is 0 Å². The average molecular weight is 179 g/mol. The van der Waals surface area contributed by atoms with Gasteiger partial charge in [0.15, 0.2) is 0 Å². The van der Waals surface area contributed by atoms with E-state index in [1.165, 1.54) is 4.31 Å². The molecule has 11 heavy (non-hydrogen) atoms. The first-order chi connectivity index (χ1) is 4.75. The van der Waals surface area contributed by atoms with Crippen LogP contribution in [0.15, 0.2) is 0 Å². The number of hydrogen-bond donors (Lipinski definition) is 0. The lowest BCUT2D eigenvalue weighted by Gasteiger charge is -2.26. The molecule has 0 spiro atoms. The van der Waals surface area contributed by atoms with Crippen LogP contribution in [0, 0.1) is 0 Å². The third-order valence-electron chi connectivity index (χ3n) is 2.03. The SMILES string of the molecule is CCC(C)(C)S(=O)(=O)N(C)C. The zero-order chi connectivity index (χ0) is 9.28. The minimum absolute atomic E-state index is 0.632. The molecule has 0 N–H and O–H groups in total. The Morgan fingerprint density at radius 1 is 1.27 bits per heavy atom. The van der Waals surface area contributed by atoms with E-state index in [0.717, 1.165) is 0 Å². The van der Waals surface area contributed by atoms with Crippen molar-refractivity contribution in [3.8, 4) is 0 Å². The van der Waals surface area contributed by atoms with Crippen molar-refractivity contribution in [2.75, 3.05) is 14.1 Å². The van der Waals surface area contributed by atoms with Crippen LogP contribution in [-0.2, 0) is 10.0 Å². The van der Waals surface area contributed by atoms with Crippen LogP contribution in [0.2, 0.25) is 0 Å². The summed E-state index contributed by atoms with van der Waals surface area (Å²) in [5.74, 6) is 0. The lowest BCUT2D eigenvalue weighted by molar-refractivity contribution is 0.472. The number of hydrogen-bond acceptors (Lipinski definition) is 2. The Kier molecular flexibility index (Phi) is 3.08. The quantitative estimate of drug-likeness (QED) is 0.650. The molecule has 0 aliphatic rings. The van der Waals surface area contributed by atoms with E-state index in [1.807, 2.05) is 6.92 Å². The normalized spacial score (nSPS) is 14.0. The Labute approximate surface area is 69.4 Å². The van der Waals surface area contributed by atoms with Gasteiger partial charge in [-0.3, -0.25) is 0 Å². The maximum Gasteiger partial charge on any atom is 0.218 e. The van der Waals surface area contributed by atoms with Gasteiger partial charge in [0.2, 0.25) is 10.0 Å². The Balaban J connectivity index is 4.85. The van der Waals surface area contributed by atoms with Crippen LogP contribution in [0.4, 0.5) is 0 Å². The summed E-state index contributed by atoms with van der Waals surface area (Å²) in [6.45, 7) is 5.35. The van der Waals surface area contributed by atoms with Crippen LogP contribution < -0.4 is 0 Å². The molecule has 0 unspecified atom stereocenters. The van der Waals surface area contributed by atoms with E-state index in [0.29, 0.717) is 6.42 Å². The molecule has 0 amide bonds. The molecule has 0 saturated heterocycles. The fraction of sp³-hybridized carbons (Fsp3) is 1.00. The van der Waals surface area contributed by atoms with Crippen LogP contribution in [0.3, 0.4) is 0 Å². The van der Waals surface area contributed by atoms with Gasteiger partial charge in [0.05, 0.1) is 4.75 Å². The molecule has 3 nitrogen and oxygen atoms in total. The highest BCUT2D eigenvalue weighted by molar-refractivity contribution is 7.90. The summed E-state index contributed by atoms with van der Waals surface area (Å²) in [6.07, 6.45) is 0.632. The first kappa shape index (κ1) is 10.9. The molecule has 0 aromatic rings. The summed E-state index contributed by atoms with van der Waals surface area (Å²) in [6, 6.07) is 0. The van der Waals surface area contributed by atoms with E-state index in [1.54, 1.807) is 27.9 Å². The van der Waals surface area contributed by atoms with E-state index in [2.05, 4.69) is 0 Å². The van der Waals surface area contributed by atoms with Crippen LogP contribution in [0.1, 0.15) is 27.2 Å². The minimum Gasteiger partial charge on any atom is -0.212 e. The average Bonchev–Trinajstić information content (AvgIpc) is 1.87. The highest BCUT2D eigenvalue weighted by Crippen LogP contribution is 2.21. The molecule has 0 aliphatic carbocycles. The summed E-state index contributed by atoms with van der Waals surface area (Å²) >= 11 is 0. The monoisotopic (exact) mass is 179 g/mol. The van der Waals surface area contributed by atoms with Crippen molar-refractivity contribution in [2.45, 2.75) is 31.9 Å². The molecule has 0 saturated carbocycles. The van der Waals surface area contributed by atoms with Crippen molar-refractivity contribution in [2.24, 2.45) is 0 Å². The molecule has 0 rings (SSSR count). The summed E-state index contributed by atoms with van der Waals surface area (Å²) in [4.78, 5) is 0. The van der Waals surface area contributed by atoms with Gasteiger partial charge in [-0.25, -0.2) is 12.7 Å². The predicted molar refractivity (Wildman–Crippen MR) is 47.0 cm³/mol. The number of rotatable bonds is 3. The van der Waals surface area contributed by atoms with Crippen molar-refractivity contribution >= 4 is 10.0 Å². The van der Waals surface area contributed by atoms with Gasteiger partial charge in [-0.15, -0.1) is 0 Å². The zero-order valence-electron chi connectivity index (χ0n) is 7.88. The van der Waals surface area contributed by atoms with Crippen molar-refractivity contribution in [3.63, 3.8) is 0 Å². The van der Waals surface area contributed by atoms with Crippen molar-refractivity contribution < 1.29 is 8.42 Å². The van der Waals surface area contributed by atoms with Gasteiger partial charge in [-0.1, -0.05) is 6.92 Å². The third-order valence-corrected chi connectivity index (χ3v) is 4.68. The van der Waals surface area contributed by atoms with E-state index in [-0.39, 0.29) is 0 Å². The van der Waals surface area contributed by atoms with Crippen LogP contribution in [0.5, 0.6) is 0 Å². The smallest absolute Gasteiger partial charge is 0.212 e. The first-order valence-electron chi connectivity index (χ1n) is 3.68. The maximum absolute atomic E-state index is 11.5. The molecular formula is C7H17NO2S. The first-order valence-corrected chi connectivity index (χ1v) is 5.12. The van der Waals surface area contributed by atoms with Gasteiger partial charge in [0.1, 0.15) is 0 Å². The topological polar surface area (TPSA) is 37.4 Å². The van der Waals surface area contributed by atoms with Crippen molar-refractivity contribution in [3.05, 3.63) is 0 Å². The Morgan fingerprint density at radius 3 is 1.73 bits per heavy atom. The Hall–Kier alpha value is -0.0900. The van der Waals surface area contributed by atoms with Gasteiger partial charge in [0, 0.05) is 14.1 Å². The van der Waals surface area contributed by atoms with Gasteiger partial charge in [0.25, 0.3) is 0 Å². The van der Waals surface area contributed by atoms with Gasteiger partial charge in [-0.2, -0.15) is 0 Å². The lowest BCUT2D eigenvalue weighted by Crippen LogP contribution is -2.40. The summed E-state index contributed by atoms with van der Waals surface area (Å²) in [7, 11) is 0.0313. The fourth-order valence-corrected chi connectivity index (χ4v) is 2.03. The summed E-state index contributed by atoms with van der Waals surface area (Å²) in [5, 5.41) is 0. The second-order valence-electron chi connectivity index (χ2n) is 3.40. The molecule has 0 bridgehead atoms. The second-order valence-corrected chi connectivity index (χ2v) is 6.19. The maximum atomic E-state index is 11.5. The Bertz CT molecular complexity index is 217. The molecular weight excluding hydrogens is 162 g/mol. The standard InChI is InChI=1S/C7H17NO2S/c1-6-7(2,3)11(9,10)8(4)5/h6H2,1-5H3. The van der Waals surface area contributed by atoms with Crippen LogP contribution in [-0.4, -0.2) is 31.6 Å². The zero-order valence-corrected chi connectivity index (χ0v) is 8.70. The number of sulfonamides is 1. The summed E-state index contributed by atoms with van der Waals surface area (Å²) < 4.78 is 23.7. The minimum atomic E-state index is -3.09. The van der Waals surface area contributed by atoms with Gasteiger partial charge >= 0.3 is 0 Å². The highest BCUT2D eigenvalue weighted by atomic mass is 32.2. The van der Waals surface area contributed by atoms with Crippen molar-refractivity contribution in [1.29, 1.82) is 0 Å². The largest absolute Gasteiger partial charge is 0.218 e. The van der Waals surface area contributed by atoms with E-state index in [9.17, 15) is 8.42 Å². The van der Waals surface area contributed by atoms with E-state index >= 15 is 0 Å². The van der Waals surface area contributed by atoms with Crippen molar-refractivity contribution in [1.82, 2.24) is 4.31 Å². The predicted octanol–water partition coefficient (Wildman–Crippen LogP) is 1.07. The lowest BCUT2D eigenvalue weighted by atomic mass is 10.1. The molecule has 4 heteroatoms. The molecule has 0 heterocycles. The molecule has 0 atom stereocenters. The molecule has 0 aliphatic heterocycles. The van der Waals surface area contributed by atoms with Crippen LogP contribution in [0.25, 0.3) is 0 Å². The third kappa shape index (κ3) is 1.93. The molecule has 0 aromatic heterocycles. The van der Waals surface area contributed by atoms with Gasteiger partial charge < -0.3 is 0 Å². The molecule has 0 aromatic carbocycles.